The minimum absolute atomic E-state index is 0.0334. The van der Waals surface area contributed by atoms with Gasteiger partial charge in [-0.25, -0.2) is 9.78 Å². The Morgan fingerprint density at radius 1 is 1.12 bits per heavy atom. The van der Waals surface area contributed by atoms with Crippen LogP contribution in [0.2, 0.25) is 0 Å². The van der Waals surface area contributed by atoms with Gasteiger partial charge in [-0.2, -0.15) is 0 Å². The van der Waals surface area contributed by atoms with E-state index in [0.717, 1.165) is 66.1 Å². The summed E-state index contributed by atoms with van der Waals surface area (Å²) in [6, 6.07) is 10.3. The van der Waals surface area contributed by atoms with Gasteiger partial charge in [0.1, 0.15) is 12.4 Å². The lowest BCUT2D eigenvalue weighted by Gasteiger charge is -2.36. The van der Waals surface area contributed by atoms with Crippen LogP contribution in [0, 0.1) is 18.8 Å². The van der Waals surface area contributed by atoms with Crippen LogP contribution in [0.4, 0.5) is 4.79 Å². The van der Waals surface area contributed by atoms with Crippen molar-refractivity contribution in [3.05, 3.63) is 65.7 Å². The summed E-state index contributed by atoms with van der Waals surface area (Å²) >= 11 is 1.70. The van der Waals surface area contributed by atoms with Crippen molar-refractivity contribution in [3.63, 3.8) is 0 Å². The molecule has 0 spiro atoms. The number of aryl methyl sites for hydroxylation is 1. The molecule has 1 saturated heterocycles. The Kier molecular flexibility index (Phi) is 11.7. The fraction of sp³-hybridized carbons (Fsp3) is 0.469. The van der Waals surface area contributed by atoms with Gasteiger partial charge in [-0.3, -0.25) is 19.4 Å². The average Bonchev–Trinajstić information content (AvgIpc) is 3.37. The molecule has 0 atom stereocenters. The van der Waals surface area contributed by atoms with Crippen LogP contribution in [-0.4, -0.2) is 87.6 Å². The number of benzene rings is 1. The predicted octanol–water partition coefficient (Wildman–Crippen LogP) is 4.76. The van der Waals surface area contributed by atoms with Gasteiger partial charge in [0.05, 0.1) is 23.8 Å². The zero-order valence-corrected chi connectivity index (χ0v) is 26.1. The van der Waals surface area contributed by atoms with Crippen LogP contribution >= 0.6 is 11.8 Å². The molecule has 9 nitrogen and oxygen atoms in total. The van der Waals surface area contributed by atoms with Gasteiger partial charge in [0.25, 0.3) is 0 Å². The highest BCUT2D eigenvalue weighted by molar-refractivity contribution is 7.99. The molecule has 3 heterocycles. The Morgan fingerprint density at radius 3 is 2.62 bits per heavy atom. The minimum atomic E-state index is -0.439. The van der Waals surface area contributed by atoms with Crippen molar-refractivity contribution in [3.8, 4) is 23.3 Å². The number of thioether (sulfide) groups is 1. The number of nitrogens with zero attached hydrogens (tertiary/aromatic N) is 5. The molecular weight excluding hydrogens is 548 g/mol. The number of alkyl carbamates (subject to hydrolysis) is 1. The van der Waals surface area contributed by atoms with Crippen LogP contribution in [0.5, 0.6) is 5.75 Å². The summed E-state index contributed by atoms with van der Waals surface area (Å²) in [6.45, 7) is 16.7. The van der Waals surface area contributed by atoms with Crippen molar-refractivity contribution in [2.45, 2.75) is 57.7 Å². The van der Waals surface area contributed by atoms with E-state index in [0.29, 0.717) is 24.4 Å². The zero-order chi connectivity index (χ0) is 29.9. The fourth-order valence-electron chi connectivity index (χ4n) is 4.65. The largest absolute Gasteiger partial charge is 0.487 e. The van der Waals surface area contributed by atoms with E-state index in [4.69, 9.17) is 9.47 Å². The van der Waals surface area contributed by atoms with Gasteiger partial charge in [0.2, 0.25) is 0 Å². The molecule has 224 valence electrons. The lowest BCUT2D eigenvalue weighted by molar-refractivity contribution is 0.108. The maximum absolute atomic E-state index is 12.1. The van der Waals surface area contributed by atoms with E-state index in [2.05, 4.69) is 69.2 Å². The van der Waals surface area contributed by atoms with Crippen LogP contribution in [0.1, 0.15) is 44.5 Å². The third-order valence-electron chi connectivity index (χ3n) is 6.97. The van der Waals surface area contributed by atoms with E-state index in [1.54, 1.807) is 18.0 Å². The van der Waals surface area contributed by atoms with E-state index in [9.17, 15) is 4.79 Å². The number of hydrogen-bond acceptors (Lipinski definition) is 8. The van der Waals surface area contributed by atoms with Crippen molar-refractivity contribution in [1.29, 1.82) is 0 Å². The molecule has 4 rings (SSSR count). The molecular formula is C32H42N6O3S. The maximum atomic E-state index is 12.1. The van der Waals surface area contributed by atoms with Crippen molar-refractivity contribution >= 4 is 17.9 Å². The number of pyridine rings is 1. The van der Waals surface area contributed by atoms with Gasteiger partial charge in [-0.05, 0) is 56.7 Å². The second-order valence-corrected chi connectivity index (χ2v) is 12.3. The number of piperazine rings is 1. The van der Waals surface area contributed by atoms with Gasteiger partial charge < -0.3 is 14.8 Å². The van der Waals surface area contributed by atoms with Gasteiger partial charge >= 0.3 is 6.09 Å². The highest BCUT2D eigenvalue weighted by Crippen LogP contribution is 2.27. The van der Waals surface area contributed by atoms with Crippen LogP contribution in [0.15, 0.2) is 54.1 Å². The molecule has 2 aromatic heterocycles. The number of imidazole rings is 1. The summed E-state index contributed by atoms with van der Waals surface area (Å²) in [6.07, 6.45) is 5.01. The molecule has 0 bridgehead atoms. The van der Waals surface area contributed by atoms with Crippen molar-refractivity contribution < 1.29 is 14.3 Å². The fourth-order valence-corrected chi connectivity index (χ4v) is 5.52. The zero-order valence-electron chi connectivity index (χ0n) is 25.3. The first kappa shape index (κ1) is 31.4. The number of amides is 1. The summed E-state index contributed by atoms with van der Waals surface area (Å²) in [5.41, 5.74) is 3.74. The summed E-state index contributed by atoms with van der Waals surface area (Å²) in [4.78, 5) is 25.8. The average molecular weight is 591 g/mol. The Balaban J connectivity index is 1.23. The van der Waals surface area contributed by atoms with Gasteiger partial charge in [-0.15, -0.1) is 0 Å². The summed E-state index contributed by atoms with van der Waals surface area (Å²) in [5.74, 6) is 6.78. The Morgan fingerprint density at radius 2 is 1.93 bits per heavy atom. The lowest BCUT2D eigenvalue weighted by Crippen LogP contribution is -2.50. The molecule has 1 N–H and O–H groups in total. The van der Waals surface area contributed by atoms with Gasteiger partial charge in [0.15, 0.2) is 11.8 Å². The molecule has 1 fully saturated rings. The Hall–Kier alpha value is -3.52. The van der Waals surface area contributed by atoms with Crippen molar-refractivity contribution in [2.24, 2.45) is 0 Å². The first-order valence-electron chi connectivity index (χ1n) is 14.5. The number of hydrogen-bond donors (Lipinski definition) is 1. The highest BCUT2D eigenvalue weighted by atomic mass is 32.2. The number of aromatic nitrogens is 3. The normalized spacial score (nSPS) is 14.1. The molecule has 0 aliphatic carbocycles. The Labute approximate surface area is 254 Å². The first-order valence-corrected chi connectivity index (χ1v) is 15.4. The third kappa shape index (κ3) is 9.24. The van der Waals surface area contributed by atoms with Crippen molar-refractivity contribution in [1.82, 2.24) is 29.7 Å². The quantitative estimate of drug-likeness (QED) is 0.253. The number of carbonyl (C=O) groups excluding carboxylic acids is 1. The molecule has 1 aliphatic rings. The second-order valence-electron chi connectivity index (χ2n) is 10.8. The summed E-state index contributed by atoms with van der Waals surface area (Å²) in [7, 11) is 0. The van der Waals surface area contributed by atoms with E-state index >= 15 is 0 Å². The monoisotopic (exact) mass is 590 g/mol. The number of nitrogens with one attached hydrogen (secondary N) is 1. The predicted molar refractivity (Wildman–Crippen MR) is 167 cm³/mol. The Bertz CT molecular complexity index is 1360. The van der Waals surface area contributed by atoms with E-state index in [1.165, 1.54) is 0 Å². The van der Waals surface area contributed by atoms with E-state index < -0.39 is 6.09 Å². The number of rotatable bonds is 11. The molecule has 0 unspecified atom stereocenters. The molecule has 1 aliphatic heterocycles. The standard InChI is InChI=1S/C32H42N6O3S/c1-24(2)37-17-15-36(16-18-37)14-13-34-32(39)40-19-7-8-27-10-11-30(20-26(27)5)41-23-29-22-35-31(42-25(3)4)38(29)28-9-6-12-33-21-28/h6,9-12,20-22,24-25H,13-19,23H2,1-5H3,(H,34,39). The summed E-state index contributed by atoms with van der Waals surface area (Å²) in [5, 5.41) is 4.13. The number of ether oxygens (including phenoxy) is 2. The van der Waals surface area contributed by atoms with Crippen molar-refractivity contribution in [2.75, 3.05) is 45.9 Å². The van der Waals surface area contributed by atoms with E-state index in [-0.39, 0.29) is 6.61 Å². The molecule has 1 aromatic carbocycles. The van der Waals surface area contributed by atoms with Gasteiger partial charge in [-0.1, -0.05) is 37.5 Å². The lowest BCUT2D eigenvalue weighted by atomic mass is 10.1. The highest BCUT2D eigenvalue weighted by Gasteiger charge is 2.18. The molecule has 10 heteroatoms. The minimum Gasteiger partial charge on any atom is -0.487 e. The third-order valence-corrected chi connectivity index (χ3v) is 7.94. The second kappa shape index (κ2) is 15.6. The molecule has 1 amide bonds. The smallest absolute Gasteiger partial charge is 0.408 e. The molecule has 42 heavy (non-hydrogen) atoms. The van der Waals surface area contributed by atoms with E-state index in [1.807, 2.05) is 49.6 Å². The van der Waals surface area contributed by atoms with Crippen LogP contribution in [-0.2, 0) is 11.3 Å². The summed E-state index contributed by atoms with van der Waals surface area (Å²) < 4.78 is 13.5. The number of carbonyl (C=O) groups is 1. The van der Waals surface area contributed by atoms with Crippen LogP contribution in [0.3, 0.4) is 0 Å². The molecule has 0 radical (unpaired) electrons. The first-order chi connectivity index (χ1) is 20.3. The van der Waals surface area contributed by atoms with Crippen LogP contribution < -0.4 is 10.1 Å². The van der Waals surface area contributed by atoms with Crippen LogP contribution in [0.25, 0.3) is 5.69 Å². The topological polar surface area (TPSA) is 84.8 Å². The maximum Gasteiger partial charge on any atom is 0.408 e. The molecule has 0 saturated carbocycles. The molecule has 3 aromatic rings. The van der Waals surface area contributed by atoms with Gasteiger partial charge in [0, 0.05) is 62.3 Å². The SMILES string of the molecule is Cc1cc(OCc2cnc(SC(C)C)n2-c2cccnc2)ccc1C#CCOC(=O)NCCN1CCN(C(C)C)CC1.